The topological polar surface area (TPSA) is 54.4 Å². The highest BCUT2D eigenvalue weighted by molar-refractivity contribution is 7.87. The first-order chi connectivity index (χ1) is 7.92. The van der Waals surface area contributed by atoms with Gasteiger partial charge in [-0.25, -0.2) is 0 Å². The highest BCUT2D eigenvalue weighted by atomic mass is 32.2. The van der Waals surface area contributed by atoms with Crippen LogP contribution in [0.25, 0.3) is 0 Å². The molecular weight excluding hydrogens is 236 g/mol. The maximum absolute atomic E-state index is 11.3. The Kier molecular flexibility index (Phi) is 3.27. The molecule has 1 aliphatic rings. The lowest BCUT2D eigenvalue weighted by Crippen LogP contribution is -2.38. The van der Waals surface area contributed by atoms with Crippen LogP contribution in [0.4, 0.5) is 0 Å². The van der Waals surface area contributed by atoms with E-state index in [9.17, 15) is 13.0 Å². The molecule has 0 bridgehead atoms. The maximum Gasteiger partial charge on any atom is 0.270 e. The van der Waals surface area contributed by atoms with Crippen molar-refractivity contribution >= 4 is 10.1 Å². The first kappa shape index (κ1) is 12.6. The van der Waals surface area contributed by atoms with E-state index in [1.165, 1.54) is 5.56 Å². The van der Waals surface area contributed by atoms with Crippen molar-refractivity contribution in [3.05, 3.63) is 35.9 Å². The molecule has 0 unspecified atom stereocenters. The third kappa shape index (κ3) is 2.53. The number of hydrogen-bond acceptors (Lipinski definition) is 2. The number of rotatable bonds is 2. The third-order valence-electron chi connectivity index (χ3n) is 3.94. The summed E-state index contributed by atoms with van der Waals surface area (Å²) in [5, 5.41) is 0. The van der Waals surface area contributed by atoms with E-state index < -0.39 is 14.9 Å². The normalized spacial score (nSPS) is 30.1. The molecule has 1 saturated carbocycles. The standard InChI is InChI=1S/C13H18O3S/c1-13(17(14,15)16)9-7-12(8-10-13)11-5-3-2-4-6-11/h2-6,12H,7-10H2,1H3,(H,14,15,16). The van der Waals surface area contributed by atoms with Crippen molar-refractivity contribution in [1.82, 2.24) is 0 Å². The molecule has 1 aromatic rings. The van der Waals surface area contributed by atoms with Gasteiger partial charge in [-0.2, -0.15) is 8.42 Å². The summed E-state index contributed by atoms with van der Waals surface area (Å²) in [6, 6.07) is 10.2. The molecule has 3 nitrogen and oxygen atoms in total. The van der Waals surface area contributed by atoms with Crippen LogP contribution >= 0.6 is 0 Å². The van der Waals surface area contributed by atoms with Gasteiger partial charge in [-0.1, -0.05) is 30.3 Å². The van der Waals surface area contributed by atoms with Gasteiger partial charge in [-0.15, -0.1) is 0 Å². The molecule has 0 aliphatic heterocycles. The zero-order chi connectivity index (χ0) is 12.5. The third-order valence-corrected chi connectivity index (χ3v) is 5.59. The molecule has 0 aromatic heterocycles. The highest BCUT2D eigenvalue weighted by Crippen LogP contribution is 2.41. The SMILES string of the molecule is CC1(S(=O)(=O)O)CCC(c2ccccc2)CC1. The van der Waals surface area contributed by atoms with Crippen LogP contribution in [0.1, 0.15) is 44.1 Å². The Balaban J connectivity index is 2.09. The van der Waals surface area contributed by atoms with E-state index in [0.717, 1.165) is 12.8 Å². The Hall–Kier alpha value is -0.870. The quantitative estimate of drug-likeness (QED) is 0.825. The highest BCUT2D eigenvalue weighted by Gasteiger charge is 2.41. The Bertz CT molecular complexity index is 471. The van der Waals surface area contributed by atoms with E-state index >= 15 is 0 Å². The molecule has 4 heteroatoms. The van der Waals surface area contributed by atoms with Gasteiger partial charge in [0.2, 0.25) is 0 Å². The van der Waals surface area contributed by atoms with Crippen molar-refractivity contribution in [2.75, 3.05) is 0 Å². The van der Waals surface area contributed by atoms with Crippen LogP contribution in [-0.4, -0.2) is 17.7 Å². The summed E-state index contributed by atoms with van der Waals surface area (Å²) in [5.41, 5.74) is 1.27. The summed E-state index contributed by atoms with van der Waals surface area (Å²) in [6.45, 7) is 1.64. The molecule has 0 spiro atoms. The van der Waals surface area contributed by atoms with Gasteiger partial charge in [-0.3, -0.25) is 4.55 Å². The van der Waals surface area contributed by atoms with Gasteiger partial charge < -0.3 is 0 Å². The Morgan fingerprint density at radius 3 is 2.18 bits per heavy atom. The van der Waals surface area contributed by atoms with Crippen LogP contribution in [-0.2, 0) is 10.1 Å². The maximum atomic E-state index is 11.3. The van der Waals surface area contributed by atoms with Gasteiger partial charge in [0.05, 0.1) is 4.75 Å². The van der Waals surface area contributed by atoms with Crippen LogP contribution in [0.2, 0.25) is 0 Å². The zero-order valence-corrected chi connectivity index (χ0v) is 10.8. The lowest BCUT2D eigenvalue weighted by atomic mass is 9.79. The van der Waals surface area contributed by atoms with Crippen LogP contribution in [0, 0.1) is 0 Å². The van der Waals surface area contributed by atoms with Gasteiger partial charge in [0, 0.05) is 0 Å². The Morgan fingerprint density at radius 1 is 1.18 bits per heavy atom. The fraction of sp³-hybridized carbons (Fsp3) is 0.538. The van der Waals surface area contributed by atoms with Crippen LogP contribution in [0.5, 0.6) is 0 Å². The van der Waals surface area contributed by atoms with Gasteiger partial charge in [-0.05, 0) is 44.1 Å². The number of benzene rings is 1. The smallest absolute Gasteiger partial charge is 0.270 e. The lowest BCUT2D eigenvalue weighted by Gasteiger charge is -2.34. The van der Waals surface area contributed by atoms with Gasteiger partial charge in [0.25, 0.3) is 10.1 Å². The fourth-order valence-electron chi connectivity index (χ4n) is 2.54. The second-order valence-corrected chi connectivity index (χ2v) is 7.05. The minimum atomic E-state index is -3.93. The second-order valence-electron chi connectivity index (χ2n) is 5.11. The van der Waals surface area contributed by atoms with Crippen molar-refractivity contribution in [2.24, 2.45) is 0 Å². The first-order valence-electron chi connectivity index (χ1n) is 5.94. The molecule has 1 fully saturated rings. The molecule has 2 rings (SSSR count). The lowest BCUT2D eigenvalue weighted by molar-refractivity contribution is 0.333. The van der Waals surface area contributed by atoms with Crippen LogP contribution < -0.4 is 0 Å². The Morgan fingerprint density at radius 2 is 1.71 bits per heavy atom. The van der Waals surface area contributed by atoms with Gasteiger partial charge in [0.15, 0.2) is 0 Å². The second kappa shape index (κ2) is 4.42. The molecular formula is C13H18O3S. The van der Waals surface area contributed by atoms with E-state index in [1.807, 2.05) is 18.2 Å². The van der Waals surface area contributed by atoms with Gasteiger partial charge >= 0.3 is 0 Å². The Labute approximate surface area is 103 Å². The average molecular weight is 254 g/mol. The van der Waals surface area contributed by atoms with Crippen LogP contribution in [0.15, 0.2) is 30.3 Å². The summed E-state index contributed by atoms with van der Waals surface area (Å²) < 4.78 is 30.9. The minimum Gasteiger partial charge on any atom is -0.285 e. The fourth-order valence-corrected chi connectivity index (χ4v) is 3.30. The zero-order valence-electron chi connectivity index (χ0n) is 9.96. The van der Waals surface area contributed by atoms with Crippen molar-refractivity contribution in [1.29, 1.82) is 0 Å². The molecule has 0 atom stereocenters. The molecule has 1 aromatic carbocycles. The van der Waals surface area contributed by atoms with E-state index in [4.69, 9.17) is 0 Å². The van der Waals surface area contributed by atoms with E-state index in [1.54, 1.807) is 6.92 Å². The average Bonchev–Trinajstić information content (AvgIpc) is 2.30. The van der Waals surface area contributed by atoms with E-state index in [2.05, 4.69) is 12.1 Å². The molecule has 0 radical (unpaired) electrons. The summed E-state index contributed by atoms with van der Waals surface area (Å²) in [6.07, 6.45) is 2.71. The predicted octanol–water partition coefficient (Wildman–Crippen LogP) is 2.99. The molecule has 1 N–H and O–H groups in total. The van der Waals surface area contributed by atoms with Crippen molar-refractivity contribution in [2.45, 2.75) is 43.3 Å². The summed E-state index contributed by atoms with van der Waals surface area (Å²) in [4.78, 5) is 0. The largest absolute Gasteiger partial charge is 0.285 e. The summed E-state index contributed by atoms with van der Waals surface area (Å²) in [5.74, 6) is 0.422. The van der Waals surface area contributed by atoms with E-state index in [-0.39, 0.29) is 0 Å². The van der Waals surface area contributed by atoms with Gasteiger partial charge in [0.1, 0.15) is 0 Å². The van der Waals surface area contributed by atoms with Crippen molar-refractivity contribution < 1.29 is 13.0 Å². The number of hydrogen-bond donors (Lipinski definition) is 1. The predicted molar refractivity (Wildman–Crippen MR) is 67.6 cm³/mol. The molecule has 94 valence electrons. The van der Waals surface area contributed by atoms with Crippen LogP contribution in [0.3, 0.4) is 0 Å². The molecule has 17 heavy (non-hydrogen) atoms. The summed E-state index contributed by atoms with van der Waals surface area (Å²) in [7, 11) is -3.93. The molecule has 0 saturated heterocycles. The molecule has 0 amide bonds. The molecule has 1 aliphatic carbocycles. The van der Waals surface area contributed by atoms with E-state index in [0.29, 0.717) is 18.8 Å². The minimum absolute atomic E-state index is 0.422. The monoisotopic (exact) mass is 254 g/mol. The van der Waals surface area contributed by atoms with Crippen molar-refractivity contribution in [3.8, 4) is 0 Å². The summed E-state index contributed by atoms with van der Waals surface area (Å²) >= 11 is 0. The first-order valence-corrected chi connectivity index (χ1v) is 7.38. The van der Waals surface area contributed by atoms with Crippen molar-refractivity contribution in [3.63, 3.8) is 0 Å². The molecule has 0 heterocycles.